The SMILES string of the molecule is Cc1ccc(NC2CCC2)c(Br)c1. The second kappa shape index (κ2) is 3.70. The van der Waals surface area contributed by atoms with Gasteiger partial charge in [-0.2, -0.15) is 0 Å². The zero-order chi connectivity index (χ0) is 9.26. The van der Waals surface area contributed by atoms with Crippen LogP contribution in [0.3, 0.4) is 0 Å². The third-order valence-corrected chi connectivity index (χ3v) is 3.25. The van der Waals surface area contributed by atoms with E-state index in [0.29, 0.717) is 6.04 Å². The maximum absolute atomic E-state index is 3.57. The van der Waals surface area contributed by atoms with Crippen LogP contribution >= 0.6 is 15.9 Å². The molecule has 0 spiro atoms. The average molecular weight is 240 g/mol. The van der Waals surface area contributed by atoms with Crippen LogP contribution in [0.15, 0.2) is 22.7 Å². The van der Waals surface area contributed by atoms with Crippen LogP contribution in [0.4, 0.5) is 5.69 Å². The third kappa shape index (κ3) is 2.05. The van der Waals surface area contributed by atoms with Crippen LogP contribution in [0.5, 0.6) is 0 Å². The number of benzene rings is 1. The van der Waals surface area contributed by atoms with Crippen molar-refractivity contribution < 1.29 is 0 Å². The summed E-state index contributed by atoms with van der Waals surface area (Å²) in [6, 6.07) is 7.16. The summed E-state index contributed by atoms with van der Waals surface area (Å²) in [4.78, 5) is 0. The Labute approximate surface area is 87.7 Å². The summed E-state index contributed by atoms with van der Waals surface area (Å²) >= 11 is 3.57. The summed E-state index contributed by atoms with van der Waals surface area (Å²) in [5.74, 6) is 0. The van der Waals surface area contributed by atoms with E-state index >= 15 is 0 Å². The molecule has 2 heteroatoms. The Morgan fingerprint density at radius 2 is 2.15 bits per heavy atom. The first-order chi connectivity index (χ1) is 6.25. The first-order valence-electron chi connectivity index (χ1n) is 4.78. The van der Waals surface area contributed by atoms with E-state index < -0.39 is 0 Å². The number of halogens is 1. The van der Waals surface area contributed by atoms with Crippen LogP contribution in [0.1, 0.15) is 24.8 Å². The molecule has 70 valence electrons. The molecule has 1 fully saturated rings. The van der Waals surface area contributed by atoms with Crippen molar-refractivity contribution in [3.8, 4) is 0 Å². The lowest BCUT2D eigenvalue weighted by Crippen LogP contribution is -2.27. The van der Waals surface area contributed by atoms with Crippen molar-refractivity contribution >= 4 is 21.6 Å². The number of nitrogens with one attached hydrogen (secondary N) is 1. The zero-order valence-corrected chi connectivity index (χ0v) is 9.39. The van der Waals surface area contributed by atoms with Crippen molar-refractivity contribution in [2.75, 3.05) is 5.32 Å². The molecule has 2 rings (SSSR count). The van der Waals surface area contributed by atoms with Gasteiger partial charge in [-0.25, -0.2) is 0 Å². The molecule has 1 aliphatic rings. The van der Waals surface area contributed by atoms with Crippen molar-refractivity contribution in [3.05, 3.63) is 28.2 Å². The van der Waals surface area contributed by atoms with Crippen molar-refractivity contribution in [2.24, 2.45) is 0 Å². The van der Waals surface area contributed by atoms with E-state index in [4.69, 9.17) is 0 Å². The molecule has 1 nitrogen and oxygen atoms in total. The van der Waals surface area contributed by atoms with Gasteiger partial charge in [0.2, 0.25) is 0 Å². The summed E-state index contributed by atoms with van der Waals surface area (Å²) in [5.41, 5.74) is 2.53. The zero-order valence-electron chi connectivity index (χ0n) is 7.81. The largest absolute Gasteiger partial charge is 0.381 e. The fourth-order valence-electron chi connectivity index (χ4n) is 1.51. The van der Waals surface area contributed by atoms with E-state index in [0.717, 1.165) is 0 Å². The standard InChI is InChI=1S/C11H14BrN/c1-8-5-6-11(10(12)7-8)13-9-3-2-4-9/h5-7,9,13H,2-4H2,1H3. The highest BCUT2D eigenvalue weighted by Gasteiger charge is 2.17. The Kier molecular flexibility index (Phi) is 2.58. The first-order valence-corrected chi connectivity index (χ1v) is 5.58. The molecule has 13 heavy (non-hydrogen) atoms. The van der Waals surface area contributed by atoms with Gasteiger partial charge in [0.25, 0.3) is 0 Å². The number of hydrogen-bond donors (Lipinski definition) is 1. The Morgan fingerprint density at radius 1 is 1.38 bits per heavy atom. The molecule has 0 radical (unpaired) electrons. The molecule has 1 aliphatic carbocycles. The summed E-state index contributed by atoms with van der Waals surface area (Å²) < 4.78 is 1.18. The van der Waals surface area contributed by atoms with Crippen LogP contribution in [0, 0.1) is 6.92 Å². The summed E-state index contributed by atoms with van der Waals surface area (Å²) in [6.45, 7) is 2.11. The third-order valence-electron chi connectivity index (χ3n) is 2.59. The molecule has 1 saturated carbocycles. The van der Waals surface area contributed by atoms with E-state index in [9.17, 15) is 0 Å². The topological polar surface area (TPSA) is 12.0 Å². The van der Waals surface area contributed by atoms with Crippen LogP contribution in [-0.4, -0.2) is 6.04 Å². The molecule has 1 N–H and O–H groups in total. The molecule has 0 unspecified atom stereocenters. The van der Waals surface area contributed by atoms with Crippen LogP contribution < -0.4 is 5.32 Å². The summed E-state index contributed by atoms with van der Waals surface area (Å²) in [6.07, 6.45) is 4.02. The second-order valence-electron chi connectivity index (χ2n) is 3.76. The Bertz CT molecular complexity index is 305. The minimum absolute atomic E-state index is 0.707. The van der Waals surface area contributed by atoms with Crippen LogP contribution in [0.2, 0.25) is 0 Å². The van der Waals surface area contributed by atoms with E-state index in [2.05, 4.69) is 46.4 Å². The van der Waals surface area contributed by atoms with Gasteiger partial charge in [0.1, 0.15) is 0 Å². The number of anilines is 1. The number of aryl methyl sites for hydroxylation is 1. The Morgan fingerprint density at radius 3 is 2.69 bits per heavy atom. The Balaban J connectivity index is 2.10. The predicted octanol–water partition coefficient (Wildman–Crippen LogP) is 3.72. The van der Waals surface area contributed by atoms with Crippen molar-refractivity contribution in [1.29, 1.82) is 0 Å². The van der Waals surface area contributed by atoms with Gasteiger partial charge >= 0.3 is 0 Å². The molecular weight excluding hydrogens is 226 g/mol. The second-order valence-corrected chi connectivity index (χ2v) is 4.61. The smallest absolute Gasteiger partial charge is 0.0486 e. The van der Waals surface area contributed by atoms with Gasteiger partial charge in [-0.05, 0) is 59.8 Å². The van der Waals surface area contributed by atoms with Crippen molar-refractivity contribution in [3.63, 3.8) is 0 Å². The quantitative estimate of drug-likeness (QED) is 0.830. The monoisotopic (exact) mass is 239 g/mol. The van der Waals surface area contributed by atoms with E-state index in [1.165, 1.54) is 35.0 Å². The molecule has 1 aromatic carbocycles. The van der Waals surface area contributed by atoms with Gasteiger partial charge in [0.15, 0.2) is 0 Å². The fourth-order valence-corrected chi connectivity index (χ4v) is 2.12. The van der Waals surface area contributed by atoms with Gasteiger partial charge in [-0.15, -0.1) is 0 Å². The highest BCUT2D eigenvalue weighted by Crippen LogP contribution is 2.28. The number of hydrogen-bond acceptors (Lipinski definition) is 1. The van der Waals surface area contributed by atoms with Crippen molar-refractivity contribution in [2.45, 2.75) is 32.2 Å². The molecule has 0 saturated heterocycles. The Hall–Kier alpha value is -0.500. The van der Waals surface area contributed by atoms with E-state index in [-0.39, 0.29) is 0 Å². The lowest BCUT2D eigenvalue weighted by molar-refractivity contribution is 0.445. The molecule has 0 aliphatic heterocycles. The lowest BCUT2D eigenvalue weighted by atomic mass is 9.93. The van der Waals surface area contributed by atoms with E-state index in [1.807, 2.05) is 0 Å². The molecule has 1 aromatic rings. The molecule has 0 heterocycles. The first kappa shape index (κ1) is 9.07. The maximum atomic E-state index is 3.57. The van der Waals surface area contributed by atoms with Crippen molar-refractivity contribution in [1.82, 2.24) is 0 Å². The summed E-state index contributed by atoms with van der Waals surface area (Å²) in [5, 5.41) is 3.53. The van der Waals surface area contributed by atoms with Gasteiger partial charge in [0.05, 0.1) is 0 Å². The van der Waals surface area contributed by atoms with Gasteiger partial charge in [-0.3, -0.25) is 0 Å². The lowest BCUT2D eigenvalue weighted by Gasteiger charge is -2.28. The van der Waals surface area contributed by atoms with Gasteiger partial charge in [0, 0.05) is 16.2 Å². The average Bonchev–Trinajstić information content (AvgIpc) is 1.99. The minimum atomic E-state index is 0.707. The molecule has 0 aromatic heterocycles. The van der Waals surface area contributed by atoms with Crippen LogP contribution in [-0.2, 0) is 0 Å². The van der Waals surface area contributed by atoms with Gasteiger partial charge in [-0.1, -0.05) is 6.07 Å². The highest BCUT2D eigenvalue weighted by atomic mass is 79.9. The highest BCUT2D eigenvalue weighted by molar-refractivity contribution is 9.10. The van der Waals surface area contributed by atoms with Crippen LogP contribution in [0.25, 0.3) is 0 Å². The predicted molar refractivity (Wildman–Crippen MR) is 60.1 cm³/mol. The fraction of sp³-hybridized carbons (Fsp3) is 0.455. The van der Waals surface area contributed by atoms with E-state index in [1.54, 1.807) is 0 Å². The maximum Gasteiger partial charge on any atom is 0.0486 e. The minimum Gasteiger partial charge on any atom is -0.381 e. The van der Waals surface area contributed by atoms with Gasteiger partial charge < -0.3 is 5.32 Å². The molecule has 0 amide bonds. The summed E-state index contributed by atoms with van der Waals surface area (Å²) in [7, 11) is 0. The molecular formula is C11H14BrN. The normalized spacial score (nSPS) is 16.8. The molecule has 0 bridgehead atoms. The molecule has 0 atom stereocenters. The number of rotatable bonds is 2.